The van der Waals surface area contributed by atoms with E-state index in [9.17, 15) is 9.90 Å². The second-order valence-electron chi connectivity index (χ2n) is 2.97. The molecule has 0 spiro atoms. The van der Waals surface area contributed by atoms with E-state index in [0.717, 1.165) is 0 Å². The molecule has 1 atom stereocenters. The van der Waals surface area contributed by atoms with Crippen molar-refractivity contribution in [3.05, 3.63) is 28.8 Å². The van der Waals surface area contributed by atoms with Crippen molar-refractivity contribution in [1.29, 1.82) is 5.26 Å². The smallest absolute Gasteiger partial charge is 0.254 e. The standard InChI is InChI=1S/C10H8BrClN2O2/c11-4-9(15)10(16)14-7-2-1-6(5-13)8(12)3-7/h1-3,9,15H,4H2,(H,14,16). The van der Waals surface area contributed by atoms with Crippen LogP contribution in [0.5, 0.6) is 0 Å². The quantitative estimate of drug-likeness (QED) is 0.838. The van der Waals surface area contributed by atoms with E-state index in [2.05, 4.69) is 21.2 Å². The third-order valence-electron chi connectivity index (χ3n) is 1.81. The number of nitrogens with zero attached hydrogens (tertiary/aromatic N) is 1. The fourth-order valence-corrected chi connectivity index (χ4v) is 1.50. The Bertz CT molecular complexity index is 445. The maximum absolute atomic E-state index is 11.3. The molecule has 16 heavy (non-hydrogen) atoms. The van der Waals surface area contributed by atoms with Gasteiger partial charge in [-0.25, -0.2) is 0 Å². The molecule has 6 heteroatoms. The molecule has 0 aliphatic rings. The minimum absolute atomic E-state index is 0.156. The third-order valence-corrected chi connectivity index (χ3v) is 2.73. The van der Waals surface area contributed by atoms with Crippen molar-refractivity contribution in [2.45, 2.75) is 6.10 Å². The Kier molecular flexibility index (Phi) is 4.74. The van der Waals surface area contributed by atoms with Crippen molar-refractivity contribution in [2.75, 3.05) is 10.6 Å². The van der Waals surface area contributed by atoms with Crippen LogP contribution in [0.3, 0.4) is 0 Å². The monoisotopic (exact) mass is 302 g/mol. The van der Waals surface area contributed by atoms with Crippen LogP contribution in [0, 0.1) is 11.3 Å². The molecule has 4 nitrogen and oxygen atoms in total. The highest BCUT2D eigenvalue weighted by atomic mass is 79.9. The van der Waals surface area contributed by atoms with Crippen LogP contribution in [-0.4, -0.2) is 22.4 Å². The number of rotatable bonds is 3. The summed E-state index contributed by atoms with van der Waals surface area (Å²) in [7, 11) is 0. The van der Waals surface area contributed by atoms with Gasteiger partial charge in [0.1, 0.15) is 12.2 Å². The summed E-state index contributed by atoms with van der Waals surface area (Å²) in [6, 6.07) is 6.41. The van der Waals surface area contributed by atoms with Gasteiger partial charge in [-0.3, -0.25) is 4.79 Å². The van der Waals surface area contributed by atoms with E-state index in [0.29, 0.717) is 11.3 Å². The molecular formula is C10H8BrClN2O2. The third kappa shape index (κ3) is 3.20. The van der Waals surface area contributed by atoms with Crippen molar-refractivity contribution in [3.8, 4) is 6.07 Å². The summed E-state index contributed by atoms with van der Waals surface area (Å²) in [5, 5.41) is 20.7. The van der Waals surface area contributed by atoms with Crippen LogP contribution < -0.4 is 5.32 Å². The average Bonchev–Trinajstić information content (AvgIpc) is 2.28. The van der Waals surface area contributed by atoms with Gasteiger partial charge in [-0.05, 0) is 18.2 Å². The predicted molar refractivity (Wildman–Crippen MR) is 64.6 cm³/mol. The summed E-state index contributed by atoms with van der Waals surface area (Å²) in [4.78, 5) is 11.3. The fraction of sp³-hybridized carbons (Fsp3) is 0.200. The van der Waals surface area contributed by atoms with Crippen molar-refractivity contribution < 1.29 is 9.90 Å². The lowest BCUT2D eigenvalue weighted by Gasteiger charge is -2.09. The summed E-state index contributed by atoms with van der Waals surface area (Å²) >= 11 is 8.77. The Morgan fingerprint density at radius 2 is 2.38 bits per heavy atom. The highest BCUT2D eigenvalue weighted by molar-refractivity contribution is 9.09. The molecule has 1 amide bonds. The lowest BCUT2D eigenvalue weighted by molar-refractivity contribution is -0.122. The Hall–Kier alpha value is -1.09. The van der Waals surface area contributed by atoms with Crippen molar-refractivity contribution >= 4 is 39.1 Å². The summed E-state index contributed by atoms with van der Waals surface area (Å²) in [6.07, 6.45) is -1.12. The zero-order valence-electron chi connectivity index (χ0n) is 8.08. The molecule has 0 bridgehead atoms. The van der Waals surface area contributed by atoms with Gasteiger partial charge in [0, 0.05) is 11.0 Å². The number of carbonyl (C=O) groups excluding carboxylic acids is 1. The van der Waals surface area contributed by atoms with Gasteiger partial charge in [-0.15, -0.1) is 0 Å². The van der Waals surface area contributed by atoms with Crippen molar-refractivity contribution in [2.24, 2.45) is 0 Å². The highest BCUT2D eigenvalue weighted by Crippen LogP contribution is 2.20. The number of nitriles is 1. The summed E-state index contributed by atoms with van der Waals surface area (Å²) in [5.74, 6) is -0.530. The van der Waals surface area contributed by atoms with E-state index < -0.39 is 12.0 Å². The summed E-state index contributed by atoms with van der Waals surface area (Å²) in [6.45, 7) is 0. The second-order valence-corrected chi connectivity index (χ2v) is 4.02. The number of anilines is 1. The number of hydrogen-bond donors (Lipinski definition) is 2. The van der Waals surface area contributed by atoms with E-state index in [-0.39, 0.29) is 10.4 Å². The summed E-state index contributed by atoms with van der Waals surface area (Å²) < 4.78 is 0. The number of alkyl halides is 1. The van der Waals surface area contributed by atoms with Crippen LogP contribution in [0.2, 0.25) is 5.02 Å². The van der Waals surface area contributed by atoms with E-state index in [1.54, 1.807) is 6.07 Å². The topological polar surface area (TPSA) is 73.1 Å². The minimum Gasteiger partial charge on any atom is -0.382 e. The van der Waals surface area contributed by atoms with E-state index in [4.69, 9.17) is 16.9 Å². The van der Waals surface area contributed by atoms with Gasteiger partial charge in [0.2, 0.25) is 0 Å². The molecule has 0 fully saturated rings. The minimum atomic E-state index is -1.12. The number of nitrogens with one attached hydrogen (secondary N) is 1. The maximum atomic E-state index is 11.3. The molecule has 2 N–H and O–H groups in total. The van der Waals surface area contributed by atoms with Gasteiger partial charge in [-0.2, -0.15) is 5.26 Å². The Morgan fingerprint density at radius 1 is 1.69 bits per heavy atom. The second kappa shape index (κ2) is 5.85. The first kappa shape index (κ1) is 13.0. The lowest BCUT2D eigenvalue weighted by Crippen LogP contribution is -2.28. The molecule has 1 aromatic rings. The SMILES string of the molecule is N#Cc1ccc(NC(=O)C(O)CBr)cc1Cl. The van der Waals surface area contributed by atoms with Crippen LogP contribution in [0.4, 0.5) is 5.69 Å². The largest absolute Gasteiger partial charge is 0.382 e. The van der Waals surface area contributed by atoms with Crippen LogP contribution in [0.1, 0.15) is 5.56 Å². The lowest BCUT2D eigenvalue weighted by atomic mass is 10.2. The first-order valence-corrected chi connectivity index (χ1v) is 5.83. The Morgan fingerprint density at radius 3 is 2.88 bits per heavy atom. The molecule has 0 heterocycles. The van der Waals surface area contributed by atoms with Gasteiger partial charge in [0.05, 0.1) is 10.6 Å². The molecule has 1 aromatic carbocycles. The number of aliphatic hydroxyl groups is 1. The number of halogens is 2. The molecule has 0 aliphatic carbocycles. The highest BCUT2D eigenvalue weighted by Gasteiger charge is 2.13. The molecule has 1 rings (SSSR count). The summed E-state index contributed by atoms with van der Waals surface area (Å²) in [5.41, 5.74) is 0.773. The zero-order chi connectivity index (χ0) is 12.1. The van der Waals surface area contributed by atoms with Crippen molar-refractivity contribution in [3.63, 3.8) is 0 Å². The number of amides is 1. The first-order chi connectivity index (χ1) is 7.58. The first-order valence-electron chi connectivity index (χ1n) is 4.33. The maximum Gasteiger partial charge on any atom is 0.254 e. The van der Waals surface area contributed by atoms with Crippen molar-refractivity contribution in [1.82, 2.24) is 0 Å². The molecule has 0 saturated heterocycles. The molecule has 1 unspecified atom stereocenters. The molecule has 0 saturated carbocycles. The molecule has 0 aromatic heterocycles. The number of benzene rings is 1. The van der Waals surface area contributed by atoms with Gasteiger partial charge < -0.3 is 10.4 Å². The van der Waals surface area contributed by atoms with Crippen LogP contribution in [0.25, 0.3) is 0 Å². The van der Waals surface area contributed by atoms with E-state index in [1.807, 2.05) is 6.07 Å². The van der Waals surface area contributed by atoms with E-state index in [1.165, 1.54) is 12.1 Å². The van der Waals surface area contributed by atoms with E-state index >= 15 is 0 Å². The number of hydrogen-bond acceptors (Lipinski definition) is 3. The number of carbonyl (C=O) groups is 1. The van der Waals surface area contributed by atoms with Gasteiger partial charge in [0.15, 0.2) is 0 Å². The Balaban J connectivity index is 2.80. The average molecular weight is 304 g/mol. The van der Waals surface area contributed by atoms with Crippen LogP contribution in [0.15, 0.2) is 18.2 Å². The Labute approximate surface area is 106 Å². The molecule has 0 radical (unpaired) electrons. The van der Waals surface area contributed by atoms with Gasteiger partial charge in [-0.1, -0.05) is 27.5 Å². The van der Waals surface area contributed by atoms with Crippen LogP contribution >= 0.6 is 27.5 Å². The number of aliphatic hydroxyl groups excluding tert-OH is 1. The fourth-order valence-electron chi connectivity index (χ4n) is 0.979. The molecule has 84 valence electrons. The van der Waals surface area contributed by atoms with Gasteiger partial charge in [0.25, 0.3) is 5.91 Å². The predicted octanol–water partition coefficient (Wildman–Crippen LogP) is 1.91. The molecular weight excluding hydrogens is 295 g/mol. The normalized spacial score (nSPS) is 11.6. The van der Waals surface area contributed by atoms with Crippen LogP contribution in [-0.2, 0) is 4.79 Å². The zero-order valence-corrected chi connectivity index (χ0v) is 10.4. The molecule has 0 aliphatic heterocycles. The van der Waals surface area contributed by atoms with Gasteiger partial charge >= 0.3 is 0 Å².